The van der Waals surface area contributed by atoms with Crippen molar-refractivity contribution in [1.82, 2.24) is 9.38 Å². The molecule has 0 aliphatic carbocycles. The van der Waals surface area contributed by atoms with Crippen molar-refractivity contribution in [1.29, 1.82) is 0 Å². The molecule has 0 aliphatic heterocycles. The van der Waals surface area contributed by atoms with Crippen molar-refractivity contribution in [2.24, 2.45) is 0 Å². The number of aliphatic hydroxyl groups is 1. The van der Waals surface area contributed by atoms with E-state index in [1.165, 1.54) is 0 Å². The number of pyridine rings is 1. The standard InChI is InChI=1S/C20H22N2O3.ClH/c1-3-25-18-10-7-11-22-19(14(2)21-20(18)22)17(24)12-16(13-23)15-8-5-4-6-9-15;/h4-11,16,23H,3,12-13H2,1-2H3;1H/t16-;/m0./s1. The molecule has 0 amide bonds. The highest BCUT2D eigenvalue weighted by Crippen LogP contribution is 2.26. The number of carbonyl (C=O) groups is 1. The Labute approximate surface area is 159 Å². The van der Waals surface area contributed by atoms with E-state index in [1.807, 2.05) is 62.5 Å². The van der Waals surface area contributed by atoms with Crippen LogP contribution in [-0.2, 0) is 0 Å². The Kier molecular flexibility index (Phi) is 6.77. The van der Waals surface area contributed by atoms with Gasteiger partial charge in [0.15, 0.2) is 17.2 Å². The van der Waals surface area contributed by atoms with Crippen molar-refractivity contribution in [3.8, 4) is 5.75 Å². The van der Waals surface area contributed by atoms with Crippen LogP contribution in [0.4, 0.5) is 0 Å². The summed E-state index contributed by atoms with van der Waals surface area (Å²) < 4.78 is 7.38. The van der Waals surface area contributed by atoms with Gasteiger partial charge in [0, 0.05) is 18.5 Å². The third-order valence-corrected chi connectivity index (χ3v) is 4.28. The third kappa shape index (κ3) is 3.89. The van der Waals surface area contributed by atoms with E-state index >= 15 is 0 Å². The molecule has 6 heteroatoms. The fourth-order valence-electron chi connectivity index (χ4n) is 3.09. The maximum Gasteiger partial charge on any atom is 0.182 e. The molecule has 2 heterocycles. The number of halogens is 1. The van der Waals surface area contributed by atoms with Crippen LogP contribution >= 0.6 is 12.4 Å². The van der Waals surface area contributed by atoms with Crippen LogP contribution in [-0.4, -0.2) is 33.5 Å². The summed E-state index contributed by atoms with van der Waals surface area (Å²) in [6.07, 6.45) is 2.05. The van der Waals surface area contributed by atoms with E-state index in [-0.39, 0.29) is 37.1 Å². The smallest absolute Gasteiger partial charge is 0.182 e. The highest BCUT2D eigenvalue weighted by Gasteiger charge is 2.22. The molecule has 0 spiro atoms. The first-order chi connectivity index (χ1) is 12.2. The second kappa shape index (κ2) is 8.83. The number of rotatable bonds is 7. The lowest BCUT2D eigenvalue weighted by molar-refractivity contribution is 0.0953. The van der Waals surface area contributed by atoms with E-state index in [0.717, 1.165) is 5.56 Å². The number of fused-ring (bicyclic) bond motifs is 1. The van der Waals surface area contributed by atoms with Crippen LogP contribution < -0.4 is 4.74 Å². The zero-order chi connectivity index (χ0) is 17.8. The number of hydrogen-bond donors (Lipinski definition) is 1. The number of Topliss-reactive ketones (excluding diaryl/α,β-unsaturated/α-hetero) is 1. The molecule has 0 saturated heterocycles. The molecule has 0 fully saturated rings. The van der Waals surface area contributed by atoms with E-state index in [0.29, 0.717) is 29.4 Å². The first kappa shape index (κ1) is 19.9. The minimum absolute atomic E-state index is 0. The predicted octanol–water partition coefficient (Wildman–Crippen LogP) is 3.81. The zero-order valence-corrected chi connectivity index (χ0v) is 15.7. The zero-order valence-electron chi connectivity index (χ0n) is 14.9. The van der Waals surface area contributed by atoms with Crippen molar-refractivity contribution < 1.29 is 14.6 Å². The molecular weight excluding hydrogens is 352 g/mol. The molecule has 0 saturated carbocycles. The molecule has 0 aliphatic rings. The van der Waals surface area contributed by atoms with Gasteiger partial charge in [0.25, 0.3) is 0 Å². The van der Waals surface area contributed by atoms with E-state index in [4.69, 9.17) is 4.74 Å². The third-order valence-electron chi connectivity index (χ3n) is 4.28. The summed E-state index contributed by atoms with van der Waals surface area (Å²) >= 11 is 0. The van der Waals surface area contributed by atoms with E-state index in [2.05, 4.69) is 4.98 Å². The largest absolute Gasteiger partial charge is 0.490 e. The summed E-state index contributed by atoms with van der Waals surface area (Å²) in [6.45, 7) is 4.20. The Hall–Kier alpha value is -2.37. The van der Waals surface area contributed by atoms with E-state index < -0.39 is 0 Å². The normalized spacial score (nSPS) is 11.8. The fourth-order valence-corrected chi connectivity index (χ4v) is 3.09. The minimum Gasteiger partial charge on any atom is -0.490 e. The number of nitrogens with zero attached hydrogens (tertiary/aromatic N) is 2. The van der Waals surface area contributed by atoms with Crippen LogP contribution in [0.25, 0.3) is 5.65 Å². The molecule has 3 aromatic rings. The fraction of sp³-hybridized carbons (Fsp3) is 0.300. The van der Waals surface area contributed by atoms with Crippen molar-refractivity contribution >= 4 is 23.8 Å². The Morgan fingerprint density at radius 1 is 1.23 bits per heavy atom. The molecule has 0 bridgehead atoms. The molecule has 26 heavy (non-hydrogen) atoms. The molecule has 138 valence electrons. The molecule has 1 N–H and O–H groups in total. The van der Waals surface area contributed by atoms with Crippen molar-refractivity contribution in [3.63, 3.8) is 0 Å². The van der Waals surface area contributed by atoms with Crippen molar-refractivity contribution in [2.75, 3.05) is 13.2 Å². The molecule has 3 rings (SSSR count). The van der Waals surface area contributed by atoms with Crippen molar-refractivity contribution in [2.45, 2.75) is 26.2 Å². The average Bonchev–Trinajstić information content (AvgIpc) is 2.97. The Morgan fingerprint density at radius 2 is 1.96 bits per heavy atom. The maximum absolute atomic E-state index is 12.9. The number of benzene rings is 1. The van der Waals surface area contributed by atoms with Crippen molar-refractivity contribution in [3.05, 3.63) is 65.6 Å². The van der Waals surface area contributed by atoms with Gasteiger partial charge >= 0.3 is 0 Å². The highest BCUT2D eigenvalue weighted by atomic mass is 35.5. The van der Waals surface area contributed by atoms with Crippen LogP contribution in [0.2, 0.25) is 0 Å². The maximum atomic E-state index is 12.9. The van der Waals surface area contributed by atoms with Gasteiger partial charge < -0.3 is 9.84 Å². The summed E-state index contributed by atoms with van der Waals surface area (Å²) in [5.74, 6) is 0.393. The second-order valence-electron chi connectivity index (χ2n) is 5.96. The molecule has 1 atom stereocenters. The summed E-state index contributed by atoms with van der Waals surface area (Å²) in [5.41, 5.74) is 2.82. The van der Waals surface area contributed by atoms with E-state index in [1.54, 1.807) is 4.40 Å². The lowest BCUT2D eigenvalue weighted by Crippen LogP contribution is -2.13. The monoisotopic (exact) mass is 374 g/mol. The molecular formula is C20H23ClN2O3. The minimum atomic E-state index is -0.228. The second-order valence-corrected chi connectivity index (χ2v) is 5.96. The van der Waals surface area contributed by atoms with Crippen LogP contribution in [0.15, 0.2) is 48.7 Å². The number of imidazole rings is 1. The van der Waals surface area contributed by atoms with Crippen LogP contribution in [0.5, 0.6) is 5.75 Å². The SMILES string of the molecule is CCOc1cccn2c(C(=O)C[C@@H](CO)c3ccccc3)c(C)nc12.Cl. The molecule has 1 aromatic carbocycles. The first-order valence-electron chi connectivity index (χ1n) is 8.45. The van der Waals surface area contributed by atoms with Crippen LogP contribution in [0.3, 0.4) is 0 Å². The molecule has 0 radical (unpaired) electrons. The molecule has 2 aromatic heterocycles. The van der Waals surface area contributed by atoms with E-state index in [9.17, 15) is 9.90 Å². The number of aryl methyl sites for hydroxylation is 1. The van der Waals surface area contributed by atoms with Crippen LogP contribution in [0.1, 0.15) is 41.0 Å². The van der Waals surface area contributed by atoms with Gasteiger partial charge in [-0.25, -0.2) is 4.98 Å². The van der Waals surface area contributed by atoms with Crippen LogP contribution in [0, 0.1) is 6.92 Å². The average molecular weight is 375 g/mol. The number of aliphatic hydroxyl groups excluding tert-OH is 1. The summed E-state index contributed by atoms with van der Waals surface area (Å²) in [4.78, 5) is 17.5. The Balaban J connectivity index is 0.00000243. The number of aromatic nitrogens is 2. The summed E-state index contributed by atoms with van der Waals surface area (Å²) in [6, 6.07) is 13.3. The summed E-state index contributed by atoms with van der Waals surface area (Å²) in [5, 5.41) is 9.73. The van der Waals surface area contributed by atoms with Gasteiger partial charge in [-0.05, 0) is 31.5 Å². The Morgan fingerprint density at radius 3 is 2.62 bits per heavy atom. The quantitative estimate of drug-likeness (QED) is 0.639. The topological polar surface area (TPSA) is 63.8 Å². The van der Waals surface area contributed by atoms with Gasteiger partial charge in [-0.3, -0.25) is 9.20 Å². The van der Waals surface area contributed by atoms with Gasteiger partial charge in [-0.1, -0.05) is 30.3 Å². The van der Waals surface area contributed by atoms with Gasteiger partial charge in [0.05, 0.1) is 18.9 Å². The summed E-state index contributed by atoms with van der Waals surface area (Å²) in [7, 11) is 0. The predicted molar refractivity (Wildman–Crippen MR) is 104 cm³/mol. The Bertz CT molecular complexity index is 877. The number of carbonyl (C=O) groups excluding carboxylic acids is 1. The van der Waals surface area contributed by atoms with Gasteiger partial charge in [0.2, 0.25) is 0 Å². The number of hydrogen-bond acceptors (Lipinski definition) is 4. The molecule has 5 nitrogen and oxygen atoms in total. The highest BCUT2D eigenvalue weighted by molar-refractivity contribution is 5.97. The number of ether oxygens (including phenoxy) is 1. The lowest BCUT2D eigenvalue weighted by atomic mass is 9.93. The first-order valence-corrected chi connectivity index (χ1v) is 8.45. The number of ketones is 1. The molecule has 0 unspecified atom stereocenters. The van der Waals surface area contributed by atoms with Gasteiger partial charge in [-0.15, -0.1) is 12.4 Å². The van der Waals surface area contributed by atoms with Gasteiger partial charge in [-0.2, -0.15) is 0 Å². The van der Waals surface area contributed by atoms with Gasteiger partial charge in [0.1, 0.15) is 5.69 Å². The lowest BCUT2D eigenvalue weighted by Gasteiger charge is -2.14.